The molecule has 10 heteroatoms. The van der Waals surface area contributed by atoms with Gasteiger partial charge < -0.3 is 13.7 Å². The summed E-state index contributed by atoms with van der Waals surface area (Å²) in [6.45, 7) is 1.65. The first-order valence-electron chi connectivity index (χ1n) is 9.66. The summed E-state index contributed by atoms with van der Waals surface area (Å²) in [4.78, 5) is 11.9. The van der Waals surface area contributed by atoms with Gasteiger partial charge in [-0.05, 0) is 61.0 Å². The minimum atomic E-state index is -4.02. The van der Waals surface area contributed by atoms with Crippen molar-refractivity contribution >= 4 is 38.2 Å². The quantitative estimate of drug-likeness (QED) is 0.253. The first-order chi connectivity index (χ1) is 15.8. The van der Waals surface area contributed by atoms with Crippen molar-refractivity contribution in [2.24, 2.45) is 5.10 Å². The summed E-state index contributed by atoms with van der Waals surface area (Å²) in [5.41, 5.74) is 3.85. The molecule has 0 saturated heterocycles. The van der Waals surface area contributed by atoms with E-state index in [1.807, 2.05) is 13.0 Å². The van der Waals surface area contributed by atoms with Crippen LogP contribution < -0.4 is 19.1 Å². The lowest BCUT2D eigenvalue weighted by molar-refractivity contribution is -0.123. The number of hydrogen-bond donors (Lipinski definition) is 1. The molecule has 0 radical (unpaired) electrons. The van der Waals surface area contributed by atoms with Gasteiger partial charge in [0, 0.05) is 4.47 Å². The van der Waals surface area contributed by atoms with Gasteiger partial charge in [0.05, 0.1) is 13.3 Å². The molecule has 0 fully saturated rings. The molecule has 0 unspecified atom stereocenters. The third-order valence-corrected chi connectivity index (χ3v) is 6.01. The molecule has 0 aromatic heterocycles. The fourth-order valence-electron chi connectivity index (χ4n) is 2.62. The molecular weight excluding hydrogens is 512 g/mol. The maximum absolute atomic E-state index is 12.5. The standard InChI is InChI=1S/C23H21BrN2O6S/c1-16-6-9-20(10-7-16)33(28,29)32-21-11-8-17(12-22(21)30-2)14-25-26-23(27)15-31-19-5-3-4-18(24)13-19/h3-14H,15H2,1-2H3,(H,26,27)/b25-14-. The van der Waals surface area contributed by atoms with E-state index in [9.17, 15) is 13.2 Å². The van der Waals surface area contributed by atoms with Crippen molar-refractivity contribution in [2.75, 3.05) is 13.7 Å². The average Bonchev–Trinajstić information content (AvgIpc) is 2.79. The summed E-state index contributed by atoms with van der Waals surface area (Å²) in [5.74, 6) is 0.326. The summed E-state index contributed by atoms with van der Waals surface area (Å²) in [6.07, 6.45) is 1.39. The highest BCUT2D eigenvalue weighted by Gasteiger charge is 2.19. The number of ether oxygens (including phenoxy) is 2. The molecule has 0 aliphatic rings. The predicted octanol–water partition coefficient (Wildman–Crippen LogP) is 4.06. The van der Waals surface area contributed by atoms with Crippen LogP contribution >= 0.6 is 15.9 Å². The van der Waals surface area contributed by atoms with Gasteiger partial charge in [-0.15, -0.1) is 0 Å². The van der Waals surface area contributed by atoms with E-state index in [1.54, 1.807) is 36.4 Å². The molecule has 0 aliphatic carbocycles. The molecule has 0 saturated carbocycles. The van der Waals surface area contributed by atoms with Gasteiger partial charge in [-0.2, -0.15) is 13.5 Å². The molecule has 0 atom stereocenters. The molecule has 172 valence electrons. The van der Waals surface area contributed by atoms with Crippen molar-refractivity contribution in [3.63, 3.8) is 0 Å². The van der Waals surface area contributed by atoms with Gasteiger partial charge in [0.2, 0.25) is 0 Å². The van der Waals surface area contributed by atoms with E-state index in [-0.39, 0.29) is 23.0 Å². The van der Waals surface area contributed by atoms with E-state index in [4.69, 9.17) is 13.7 Å². The zero-order chi connectivity index (χ0) is 23.8. The number of nitrogens with one attached hydrogen (secondary N) is 1. The number of amides is 1. The molecule has 0 spiro atoms. The molecule has 0 bridgehead atoms. The monoisotopic (exact) mass is 532 g/mol. The second kappa shape index (κ2) is 11.0. The molecule has 1 N–H and O–H groups in total. The number of hydrazone groups is 1. The van der Waals surface area contributed by atoms with Crippen LogP contribution in [0.1, 0.15) is 11.1 Å². The molecule has 3 aromatic rings. The zero-order valence-electron chi connectivity index (χ0n) is 17.8. The summed E-state index contributed by atoms with van der Waals surface area (Å²) < 4.78 is 41.8. The van der Waals surface area contributed by atoms with Crippen LogP contribution in [0.15, 0.2) is 81.2 Å². The van der Waals surface area contributed by atoms with Crippen LogP contribution in [-0.4, -0.2) is 34.3 Å². The Balaban J connectivity index is 1.61. The first kappa shape index (κ1) is 24.3. The van der Waals surface area contributed by atoms with Crippen LogP contribution in [0.25, 0.3) is 0 Å². The fourth-order valence-corrected chi connectivity index (χ4v) is 3.94. The number of methoxy groups -OCH3 is 1. The number of benzene rings is 3. The fraction of sp³-hybridized carbons (Fsp3) is 0.130. The van der Waals surface area contributed by atoms with E-state index >= 15 is 0 Å². The van der Waals surface area contributed by atoms with Crippen LogP contribution in [0, 0.1) is 6.92 Å². The highest BCUT2D eigenvalue weighted by atomic mass is 79.9. The van der Waals surface area contributed by atoms with Crippen LogP contribution in [0.3, 0.4) is 0 Å². The topological polar surface area (TPSA) is 103 Å². The Morgan fingerprint density at radius 2 is 1.82 bits per heavy atom. The molecule has 3 rings (SSSR count). The second-order valence-corrected chi connectivity index (χ2v) is 9.26. The van der Waals surface area contributed by atoms with Gasteiger partial charge in [0.1, 0.15) is 10.6 Å². The van der Waals surface area contributed by atoms with Gasteiger partial charge in [-0.1, -0.05) is 39.7 Å². The normalized spacial score (nSPS) is 11.2. The first-order valence-corrected chi connectivity index (χ1v) is 11.9. The number of aryl methyl sites for hydroxylation is 1. The number of halogens is 1. The minimum absolute atomic E-state index is 0.0293. The van der Waals surface area contributed by atoms with Gasteiger partial charge >= 0.3 is 10.1 Å². The van der Waals surface area contributed by atoms with E-state index in [1.165, 1.54) is 37.6 Å². The Bertz CT molecular complexity index is 1260. The lowest BCUT2D eigenvalue weighted by atomic mass is 10.2. The van der Waals surface area contributed by atoms with E-state index in [0.717, 1.165) is 10.0 Å². The number of rotatable bonds is 9. The summed E-state index contributed by atoms with van der Waals surface area (Å²) >= 11 is 3.33. The Kier molecular flexibility index (Phi) is 8.07. The smallest absolute Gasteiger partial charge is 0.339 e. The van der Waals surface area contributed by atoms with E-state index in [0.29, 0.717) is 11.3 Å². The van der Waals surface area contributed by atoms with Crippen molar-refractivity contribution in [3.8, 4) is 17.2 Å². The summed E-state index contributed by atoms with van der Waals surface area (Å²) in [7, 11) is -2.63. The van der Waals surface area contributed by atoms with Gasteiger partial charge in [-0.25, -0.2) is 5.43 Å². The summed E-state index contributed by atoms with van der Waals surface area (Å²) in [5, 5.41) is 3.88. The Hall–Kier alpha value is -3.37. The minimum Gasteiger partial charge on any atom is -0.493 e. The zero-order valence-corrected chi connectivity index (χ0v) is 20.2. The number of hydrogen-bond acceptors (Lipinski definition) is 7. The van der Waals surface area contributed by atoms with Crippen LogP contribution in [-0.2, 0) is 14.9 Å². The molecule has 0 heterocycles. The lowest BCUT2D eigenvalue weighted by Crippen LogP contribution is -2.24. The Morgan fingerprint density at radius 3 is 2.52 bits per heavy atom. The molecular formula is C23H21BrN2O6S. The number of nitrogens with zero attached hydrogens (tertiary/aromatic N) is 1. The van der Waals surface area contributed by atoms with Crippen molar-refractivity contribution < 1.29 is 26.9 Å². The molecule has 33 heavy (non-hydrogen) atoms. The molecule has 1 amide bonds. The predicted molar refractivity (Wildman–Crippen MR) is 127 cm³/mol. The van der Waals surface area contributed by atoms with E-state index in [2.05, 4.69) is 26.5 Å². The third-order valence-electron chi connectivity index (χ3n) is 4.27. The SMILES string of the molecule is COc1cc(/C=N\NC(=O)COc2cccc(Br)c2)ccc1OS(=O)(=O)c1ccc(C)cc1. The van der Waals surface area contributed by atoms with Crippen LogP contribution in [0.5, 0.6) is 17.2 Å². The van der Waals surface area contributed by atoms with Crippen molar-refractivity contribution in [1.82, 2.24) is 5.43 Å². The second-order valence-electron chi connectivity index (χ2n) is 6.80. The highest BCUT2D eigenvalue weighted by Crippen LogP contribution is 2.30. The Morgan fingerprint density at radius 1 is 1.06 bits per heavy atom. The average molecular weight is 533 g/mol. The van der Waals surface area contributed by atoms with Crippen molar-refractivity contribution in [3.05, 3.63) is 82.3 Å². The molecule has 8 nitrogen and oxygen atoms in total. The Labute approximate surface area is 200 Å². The van der Waals surface area contributed by atoms with Crippen LogP contribution in [0.4, 0.5) is 0 Å². The van der Waals surface area contributed by atoms with Gasteiger partial charge in [-0.3, -0.25) is 4.79 Å². The van der Waals surface area contributed by atoms with Crippen LogP contribution in [0.2, 0.25) is 0 Å². The highest BCUT2D eigenvalue weighted by molar-refractivity contribution is 9.10. The van der Waals surface area contributed by atoms with Gasteiger partial charge in [0.25, 0.3) is 5.91 Å². The van der Waals surface area contributed by atoms with Crippen molar-refractivity contribution in [2.45, 2.75) is 11.8 Å². The lowest BCUT2D eigenvalue weighted by Gasteiger charge is -2.11. The molecule has 3 aromatic carbocycles. The maximum atomic E-state index is 12.5. The number of carbonyl (C=O) groups excluding carboxylic acids is 1. The maximum Gasteiger partial charge on any atom is 0.339 e. The van der Waals surface area contributed by atoms with Crippen molar-refractivity contribution in [1.29, 1.82) is 0 Å². The van der Waals surface area contributed by atoms with E-state index < -0.39 is 16.0 Å². The number of carbonyl (C=O) groups is 1. The largest absolute Gasteiger partial charge is 0.493 e. The summed E-state index contributed by atoms with van der Waals surface area (Å²) in [6, 6.07) is 18.0. The molecule has 0 aliphatic heterocycles. The third kappa shape index (κ3) is 7.06. The van der Waals surface area contributed by atoms with Gasteiger partial charge in [0.15, 0.2) is 18.1 Å².